The molecule has 11 heteroatoms. The number of piperazine rings is 1. The minimum atomic E-state index is -4.48. The molecular formula is C25H27F3N6O2. The van der Waals surface area contributed by atoms with E-state index in [1.165, 1.54) is 23.4 Å². The van der Waals surface area contributed by atoms with Crippen molar-refractivity contribution in [3.63, 3.8) is 0 Å². The Hall–Kier alpha value is -3.73. The van der Waals surface area contributed by atoms with Gasteiger partial charge in [0.2, 0.25) is 0 Å². The fourth-order valence-corrected chi connectivity index (χ4v) is 4.14. The number of halogens is 3. The number of carbonyl (C=O) groups excluding carboxylic acids is 1. The van der Waals surface area contributed by atoms with E-state index < -0.39 is 18.6 Å². The number of carbonyl (C=O) groups is 1. The molecule has 2 N–H and O–H groups in total. The molecule has 1 aliphatic rings. The van der Waals surface area contributed by atoms with Crippen molar-refractivity contribution >= 4 is 11.7 Å². The van der Waals surface area contributed by atoms with Gasteiger partial charge in [0.25, 0.3) is 5.91 Å². The number of rotatable bonds is 7. The number of aromatic hydroxyl groups is 1. The SMILES string of the molecule is CCc1cc(-c2cncc(O)c2)ccc1CN1CCN(c2ccc(C(=O)NCC(F)(F)F)nn2)CC1. The first-order chi connectivity index (χ1) is 17.2. The van der Waals surface area contributed by atoms with Gasteiger partial charge in [0.15, 0.2) is 11.5 Å². The summed E-state index contributed by atoms with van der Waals surface area (Å²) in [5.74, 6) is -0.189. The number of amides is 1. The summed E-state index contributed by atoms with van der Waals surface area (Å²) in [6, 6.07) is 11.0. The number of nitrogens with one attached hydrogen (secondary N) is 1. The maximum atomic E-state index is 12.3. The highest BCUT2D eigenvalue weighted by Crippen LogP contribution is 2.26. The fourth-order valence-electron chi connectivity index (χ4n) is 4.14. The van der Waals surface area contributed by atoms with Crippen LogP contribution in [-0.4, -0.2) is 70.0 Å². The van der Waals surface area contributed by atoms with Gasteiger partial charge in [-0.25, -0.2) is 0 Å². The van der Waals surface area contributed by atoms with E-state index in [1.807, 2.05) is 11.0 Å². The van der Waals surface area contributed by atoms with Crippen LogP contribution in [0.5, 0.6) is 5.75 Å². The van der Waals surface area contributed by atoms with E-state index in [0.29, 0.717) is 18.9 Å². The van der Waals surface area contributed by atoms with Gasteiger partial charge in [-0.1, -0.05) is 25.1 Å². The van der Waals surface area contributed by atoms with Crippen molar-refractivity contribution < 1.29 is 23.1 Å². The zero-order valence-electron chi connectivity index (χ0n) is 19.8. The van der Waals surface area contributed by atoms with Crippen molar-refractivity contribution in [2.75, 3.05) is 37.6 Å². The maximum Gasteiger partial charge on any atom is 0.405 e. The van der Waals surface area contributed by atoms with Crippen molar-refractivity contribution in [1.29, 1.82) is 0 Å². The van der Waals surface area contributed by atoms with Crippen molar-refractivity contribution in [3.8, 4) is 16.9 Å². The first-order valence-corrected chi connectivity index (χ1v) is 11.6. The summed E-state index contributed by atoms with van der Waals surface area (Å²) in [5.41, 5.74) is 4.21. The lowest BCUT2D eigenvalue weighted by atomic mass is 9.98. The number of alkyl halides is 3. The second-order valence-corrected chi connectivity index (χ2v) is 8.61. The van der Waals surface area contributed by atoms with Crippen LogP contribution in [0.15, 0.2) is 48.8 Å². The standard InChI is InChI=1S/C25H27F3N6O2/c1-2-17-11-18(20-12-21(35)14-29-13-20)3-4-19(17)15-33-7-9-34(10-8-33)23-6-5-22(31-32-23)24(36)30-16-25(26,27)28/h3-6,11-14,35H,2,7-10,15-16H2,1H3,(H,30,36). The molecule has 36 heavy (non-hydrogen) atoms. The van der Waals surface area contributed by atoms with Crippen LogP contribution in [0.4, 0.5) is 19.0 Å². The molecule has 1 fully saturated rings. The number of nitrogens with zero attached hydrogens (tertiary/aromatic N) is 5. The number of pyridine rings is 1. The third-order valence-electron chi connectivity index (χ3n) is 6.07. The average molecular weight is 501 g/mol. The second-order valence-electron chi connectivity index (χ2n) is 8.61. The molecule has 0 atom stereocenters. The normalized spacial score (nSPS) is 14.6. The average Bonchev–Trinajstić information content (AvgIpc) is 2.87. The third kappa shape index (κ3) is 6.48. The molecule has 4 rings (SSSR count). The van der Waals surface area contributed by atoms with E-state index in [9.17, 15) is 23.1 Å². The van der Waals surface area contributed by atoms with Gasteiger partial charge in [-0.2, -0.15) is 13.2 Å². The highest BCUT2D eigenvalue weighted by Gasteiger charge is 2.28. The topological polar surface area (TPSA) is 94.5 Å². The second kappa shape index (κ2) is 10.9. The molecule has 0 unspecified atom stereocenters. The monoisotopic (exact) mass is 500 g/mol. The molecule has 0 aliphatic carbocycles. The molecule has 0 radical (unpaired) electrons. The predicted molar refractivity (Wildman–Crippen MR) is 129 cm³/mol. The van der Waals surface area contributed by atoms with Gasteiger partial charge in [-0.05, 0) is 41.3 Å². The summed E-state index contributed by atoms with van der Waals surface area (Å²) in [7, 11) is 0. The van der Waals surface area contributed by atoms with Crippen LogP contribution in [0.3, 0.4) is 0 Å². The third-order valence-corrected chi connectivity index (χ3v) is 6.07. The van der Waals surface area contributed by atoms with E-state index in [2.05, 4.69) is 39.1 Å². The Morgan fingerprint density at radius 3 is 2.42 bits per heavy atom. The highest BCUT2D eigenvalue weighted by molar-refractivity contribution is 5.92. The summed E-state index contributed by atoms with van der Waals surface area (Å²) < 4.78 is 36.8. The van der Waals surface area contributed by atoms with Crippen LogP contribution in [-0.2, 0) is 13.0 Å². The van der Waals surface area contributed by atoms with Crippen LogP contribution in [0, 0.1) is 0 Å². The molecule has 1 saturated heterocycles. The van der Waals surface area contributed by atoms with E-state index >= 15 is 0 Å². The van der Waals surface area contributed by atoms with E-state index in [1.54, 1.807) is 23.6 Å². The Morgan fingerprint density at radius 1 is 1.00 bits per heavy atom. The molecule has 1 aliphatic heterocycles. The van der Waals surface area contributed by atoms with Crippen molar-refractivity contribution in [3.05, 3.63) is 65.6 Å². The van der Waals surface area contributed by atoms with Gasteiger partial charge >= 0.3 is 6.18 Å². The smallest absolute Gasteiger partial charge is 0.405 e. The zero-order valence-corrected chi connectivity index (χ0v) is 19.8. The lowest BCUT2D eigenvalue weighted by Gasteiger charge is -2.35. The molecule has 0 spiro atoms. The number of aromatic nitrogens is 3. The Kier molecular flexibility index (Phi) is 7.68. The van der Waals surface area contributed by atoms with E-state index in [-0.39, 0.29) is 11.4 Å². The molecule has 3 heterocycles. The van der Waals surface area contributed by atoms with Crippen LogP contribution in [0.25, 0.3) is 11.1 Å². The Morgan fingerprint density at radius 2 is 1.78 bits per heavy atom. The summed E-state index contributed by atoms with van der Waals surface area (Å²) >= 11 is 0. The Balaban J connectivity index is 1.33. The molecule has 1 aromatic carbocycles. The summed E-state index contributed by atoms with van der Waals surface area (Å²) in [5, 5.41) is 19.4. The number of hydrogen-bond acceptors (Lipinski definition) is 7. The van der Waals surface area contributed by atoms with Gasteiger partial charge in [-0.15, -0.1) is 10.2 Å². The van der Waals surface area contributed by atoms with E-state index in [4.69, 9.17) is 0 Å². The minimum absolute atomic E-state index is 0.136. The minimum Gasteiger partial charge on any atom is -0.506 e. The lowest BCUT2D eigenvalue weighted by molar-refractivity contribution is -0.123. The van der Waals surface area contributed by atoms with Crippen LogP contribution < -0.4 is 10.2 Å². The maximum absolute atomic E-state index is 12.3. The summed E-state index contributed by atoms with van der Waals surface area (Å²) in [6.45, 7) is 4.54. The quantitative estimate of drug-likeness (QED) is 0.513. The van der Waals surface area contributed by atoms with Crippen molar-refractivity contribution in [1.82, 2.24) is 25.4 Å². The van der Waals surface area contributed by atoms with Gasteiger partial charge in [0.05, 0.1) is 6.20 Å². The van der Waals surface area contributed by atoms with Crippen LogP contribution in [0.2, 0.25) is 0 Å². The molecule has 2 aromatic heterocycles. The molecule has 190 valence electrons. The molecular weight excluding hydrogens is 473 g/mol. The largest absolute Gasteiger partial charge is 0.506 e. The zero-order chi connectivity index (χ0) is 25.7. The van der Waals surface area contributed by atoms with Gasteiger partial charge < -0.3 is 15.3 Å². The van der Waals surface area contributed by atoms with Gasteiger partial charge in [0, 0.05) is 44.5 Å². The van der Waals surface area contributed by atoms with Crippen LogP contribution >= 0.6 is 0 Å². The van der Waals surface area contributed by atoms with Gasteiger partial charge in [-0.3, -0.25) is 14.7 Å². The van der Waals surface area contributed by atoms with E-state index in [0.717, 1.165) is 37.2 Å². The molecule has 3 aromatic rings. The first kappa shape index (κ1) is 25.4. The number of aryl methyl sites for hydroxylation is 1. The first-order valence-electron chi connectivity index (χ1n) is 11.6. The molecule has 8 nitrogen and oxygen atoms in total. The molecule has 1 amide bonds. The fraction of sp³-hybridized carbons (Fsp3) is 0.360. The lowest BCUT2D eigenvalue weighted by Crippen LogP contribution is -2.46. The number of benzene rings is 1. The van der Waals surface area contributed by atoms with Crippen molar-refractivity contribution in [2.24, 2.45) is 0 Å². The molecule has 0 saturated carbocycles. The predicted octanol–water partition coefficient (Wildman–Crippen LogP) is 3.42. The number of anilines is 1. The van der Waals surface area contributed by atoms with Crippen molar-refractivity contribution in [2.45, 2.75) is 26.1 Å². The number of hydrogen-bond donors (Lipinski definition) is 2. The summed E-state index contributed by atoms with van der Waals surface area (Å²) in [4.78, 5) is 20.3. The van der Waals surface area contributed by atoms with Gasteiger partial charge in [0.1, 0.15) is 12.3 Å². The summed E-state index contributed by atoms with van der Waals surface area (Å²) in [6.07, 6.45) is -0.453. The Labute approximate surface area is 206 Å². The highest BCUT2D eigenvalue weighted by atomic mass is 19.4. The van der Waals surface area contributed by atoms with Crippen LogP contribution in [0.1, 0.15) is 28.5 Å². The Bertz CT molecular complexity index is 1200. The molecule has 0 bridgehead atoms.